The number of hydrogen-bond donors (Lipinski definition) is 2. The molecular weight excluding hydrogens is 350 g/mol. The minimum atomic E-state index is -0.219. The molecule has 0 aliphatic heterocycles. The molecule has 0 spiro atoms. The van der Waals surface area contributed by atoms with Crippen LogP contribution < -0.4 is 5.56 Å². The molecule has 28 heavy (non-hydrogen) atoms. The van der Waals surface area contributed by atoms with Gasteiger partial charge in [-0.2, -0.15) is 0 Å². The molecule has 0 saturated carbocycles. The van der Waals surface area contributed by atoms with Crippen molar-refractivity contribution >= 4 is 6.21 Å². The number of hydrogen-bond acceptors (Lipinski definition) is 4. The first-order valence-corrected chi connectivity index (χ1v) is 8.77. The predicted octanol–water partition coefficient (Wildman–Crippen LogP) is 4.58. The lowest BCUT2D eigenvalue weighted by molar-refractivity contribution is 0.322. The Balaban J connectivity index is 1.75. The van der Waals surface area contributed by atoms with Crippen LogP contribution in [0.4, 0.5) is 0 Å². The second kappa shape index (κ2) is 7.72. The van der Waals surface area contributed by atoms with Crippen molar-refractivity contribution in [2.45, 2.75) is 0 Å². The zero-order valence-electron chi connectivity index (χ0n) is 14.9. The SMILES string of the molecule is O=c1[nH]cc(-c2ccc(-c3ccccc3)cn2)cc1-c1ccccc1C=NO. The fourth-order valence-corrected chi connectivity index (χ4v) is 3.11. The summed E-state index contributed by atoms with van der Waals surface area (Å²) in [6.07, 6.45) is 4.79. The van der Waals surface area contributed by atoms with Gasteiger partial charge >= 0.3 is 0 Å². The molecule has 5 nitrogen and oxygen atoms in total. The van der Waals surface area contributed by atoms with E-state index in [4.69, 9.17) is 5.21 Å². The van der Waals surface area contributed by atoms with Gasteiger partial charge in [0.15, 0.2) is 0 Å². The molecule has 0 aliphatic carbocycles. The molecular formula is C23H17N3O2. The number of aromatic amines is 1. The Morgan fingerprint density at radius 3 is 2.39 bits per heavy atom. The Bertz CT molecular complexity index is 1180. The highest BCUT2D eigenvalue weighted by molar-refractivity contribution is 5.90. The van der Waals surface area contributed by atoms with Crippen LogP contribution in [0, 0.1) is 0 Å². The summed E-state index contributed by atoms with van der Waals surface area (Å²) in [6, 6.07) is 23.0. The number of pyridine rings is 2. The number of aromatic nitrogens is 2. The number of benzene rings is 2. The maximum Gasteiger partial charge on any atom is 0.255 e. The van der Waals surface area contributed by atoms with Crippen molar-refractivity contribution in [2.24, 2.45) is 5.16 Å². The molecule has 0 saturated heterocycles. The number of nitrogens with zero attached hydrogens (tertiary/aromatic N) is 2. The topological polar surface area (TPSA) is 78.3 Å². The zero-order valence-corrected chi connectivity index (χ0v) is 14.9. The van der Waals surface area contributed by atoms with Gasteiger partial charge in [-0.1, -0.05) is 65.8 Å². The van der Waals surface area contributed by atoms with E-state index in [1.807, 2.05) is 66.9 Å². The second-order valence-corrected chi connectivity index (χ2v) is 6.26. The number of nitrogens with one attached hydrogen (secondary N) is 1. The van der Waals surface area contributed by atoms with Crippen LogP contribution in [0.1, 0.15) is 5.56 Å². The first kappa shape index (κ1) is 17.4. The van der Waals surface area contributed by atoms with Crippen LogP contribution in [-0.4, -0.2) is 21.4 Å². The Labute approximate surface area is 161 Å². The largest absolute Gasteiger partial charge is 0.411 e. The van der Waals surface area contributed by atoms with Crippen LogP contribution in [0.15, 0.2) is 95.1 Å². The minimum Gasteiger partial charge on any atom is -0.411 e. The maximum atomic E-state index is 12.4. The first-order chi connectivity index (χ1) is 13.8. The van der Waals surface area contributed by atoms with Crippen molar-refractivity contribution in [3.05, 3.63) is 101 Å². The van der Waals surface area contributed by atoms with Gasteiger partial charge < -0.3 is 10.2 Å². The van der Waals surface area contributed by atoms with E-state index in [1.165, 1.54) is 6.21 Å². The minimum absolute atomic E-state index is 0.219. The molecule has 4 aromatic rings. The van der Waals surface area contributed by atoms with E-state index >= 15 is 0 Å². The van der Waals surface area contributed by atoms with Crippen LogP contribution >= 0.6 is 0 Å². The maximum absolute atomic E-state index is 12.4. The summed E-state index contributed by atoms with van der Waals surface area (Å²) in [5, 5.41) is 12.0. The lowest BCUT2D eigenvalue weighted by atomic mass is 9.99. The van der Waals surface area contributed by atoms with E-state index in [2.05, 4.69) is 15.1 Å². The molecule has 0 radical (unpaired) electrons. The van der Waals surface area contributed by atoms with Gasteiger partial charge in [-0.25, -0.2) is 0 Å². The molecule has 0 fully saturated rings. The lowest BCUT2D eigenvalue weighted by Crippen LogP contribution is -2.09. The van der Waals surface area contributed by atoms with Crippen molar-refractivity contribution in [2.75, 3.05) is 0 Å². The molecule has 4 rings (SSSR count). The standard InChI is InChI=1S/C23H17N3O2/c27-23-21(20-9-5-4-8-18(20)15-26-28)12-19(14-25-23)22-11-10-17(13-24-22)16-6-2-1-3-7-16/h1-15,28H,(H,25,27). The van der Waals surface area contributed by atoms with Gasteiger partial charge in [0.05, 0.1) is 11.9 Å². The quantitative estimate of drug-likeness (QED) is 0.315. The smallest absolute Gasteiger partial charge is 0.255 e. The summed E-state index contributed by atoms with van der Waals surface area (Å²) in [4.78, 5) is 19.8. The molecule has 0 amide bonds. The zero-order chi connectivity index (χ0) is 19.3. The van der Waals surface area contributed by atoms with Crippen LogP contribution in [0.3, 0.4) is 0 Å². The van der Waals surface area contributed by atoms with Gasteiger partial charge in [0.1, 0.15) is 0 Å². The third-order valence-corrected chi connectivity index (χ3v) is 4.52. The van der Waals surface area contributed by atoms with Crippen LogP contribution in [0.25, 0.3) is 33.5 Å². The average Bonchev–Trinajstić information content (AvgIpc) is 2.76. The van der Waals surface area contributed by atoms with Crippen molar-refractivity contribution < 1.29 is 5.21 Å². The molecule has 2 heterocycles. The average molecular weight is 367 g/mol. The molecule has 0 atom stereocenters. The van der Waals surface area contributed by atoms with E-state index in [0.29, 0.717) is 16.7 Å². The predicted molar refractivity (Wildman–Crippen MR) is 111 cm³/mol. The lowest BCUT2D eigenvalue weighted by Gasteiger charge is -2.08. The summed E-state index contributed by atoms with van der Waals surface area (Å²) in [6.45, 7) is 0. The van der Waals surface area contributed by atoms with Gasteiger partial charge in [0, 0.05) is 34.6 Å². The van der Waals surface area contributed by atoms with Gasteiger partial charge in [0.25, 0.3) is 5.56 Å². The van der Waals surface area contributed by atoms with Crippen molar-refractivity contribution in [1.29, 1.82) is 0 Å². The summed E-state index contributed by atoms with van der Waals surface area (Å²) < 4.78 is 0. The Morgan fingerprint density at radius 1 is 0.857 bits per heavy atom. The highest BCUT2D eigenvalue weighted by Gasteiger charge is 2.10. The molecule has 136 valence electrons. The second-order valence-electron chi connectivity index (χ2n) is 6.26. The summed E-state index contributed by atoms with van der Waals surface area (Å²) in [5.41, 5.74) is 5.28. The highest BCUT2D eigenvalue weighted by atomic mass is 16.4. The highest BCUT2D eigenvalue weighted by Crippen LogP contribution is 2.25. The molecule has 0 bridgehead atoms. The molecule has 2 aromatic heterocycles. The van der Waals surface area contributed by atoms with Gasteiger partial charge in [-0.15, -0.1) is 0 Å². The first-order valence-electron chi connectivity index (χ1n) is 8.77. The van der Waals surface area contributed by atoms with Gasteiger partial charge in [0.2, 0.25) is 0 Å². The molecule has 0 unspecified atom stereocenters. The van der Waals surface area contributed by atoms with E-state index in [0.717, 1.165) is 22.4 Å². The van der Waals surface area contributed by atoms with Crippen LogP contribution in [0.5, 0.6) is 0 Å². The summed E-state index contributed by atoms with van der Waals surface area (Å²) >= 11 is 0. The van der Waals surface area contributed by atoms with Crippen molar-refractivity contribution in [3.63, 3.8) is 0 Å². The fourth-order valence-electron chi connectivity index (χ4n) is 3.11. The van der Waals surface area contributed by atoms with E-state index in [-0.39, 0.29) is 5.56 Å². The van der Waals surface area contributed by atoms with Crippen molar-refractivity contribution in [3.8, 4) is 33.5 Å². The third-order valence-electron chi connectivity index (χ3n) is 4.52. The van der Waals surface area contributed by atoms with Crippen LogP contribution in [-0.2, 0) is 0 Å². The molecule has 5 heteroatoms. The summed E-state index contributed by atoms with van der Waals surface area (Å²) in [7, 11) is 0. The molecule has 2 N–H and O–H groups in total. The number of oxime groups is 1. The molecule has 0 aliphatic rings. The van der Waals surface area contributed by atoms with Crippen molar-refractivity contribution in [1.82, 2.24) is 9.97 Å². The fraction of sp³-hybridized carbons (Fsp3) is 0. The Kier molecular flexibility index (Phi) is 4.80. The normalized spacial score (nSPS) is 11.0. The monoisotopic (exact) mass is 367 g/mol. The Morgan fingerprint density at radius 2 is 1.64 bits per heavy atom. The third kappa shape index (κ3) is 3.46. The van der Waals surface area contributed by atoms with Gasteiger partial charge in [-0.05, 0) is 23.3 Å². The summed E-state index contributed by atoms with van der Waals surface area (Å²) in [5.74, 6) is 0. The van der Waals surface area contributed by atoms with Crippen LogP contribution in [0.2, 0.25) is 0 Å². The Hall–Kier alpha value is -3.99. The number of H-pyrrole nitrogens is 1. The number of rotatable bonds is 4. The van der Waals surface area contributed by atoms with E-state index in [1.54, 1.807) is 18.3 Å². The molecule has 2 aromatic carbocycles. The van der Waals surface area contributed by atoms with Gasteiger partial charge in [-0.3, -0.25) is 9.78 Å². The van der Waals surface area contributed by atoms with E-state index in [9.17, 15) is 4.79 Å². The van der Waals surface area contributed by atoms with E-state index < -0.39 is 0 Å².